The number of benzene rings is 1. The first-order chi connectivity index (χ1) is 12.3. The second kappa shape index (κ2) is 8.45. The maximum absolute atomic E-state index is 11.7. The van der Waals surface area contributed by atoms with Gasteiger partial charge in [-0.25, -0.2) is 9.59 Å². The number of hydrogen-bond donors (Lipinski definition) is 4. The third-order valence-electron chi connectivity index (χ3n) is 3.80. The highest BCUT2D eigenvalue weighted by Gasteiger charge is 2.29. The molecule has 2 atom stereocenters. The quantitative estimate of drug-likeness (QED) is 0.570. The summed E-state index contributed by atoms with van der Waals surface area (Å²) in [5.74, 6) is -1.27. The molecular weight excluding hydrogens is 342 g/mol. The Kier molecular flexibility index (Phi) is 6.31. The van der Waals surface area contributed by atoms with E-state index in [9.17, 15) is 24.9 Å². The predicted octanol–water partition coefficient (Wildman–Crippen LogP) is 0.747. The number of carbonyl (C=O) groups is 2. The molecule has 2 rings (SSSR count). The number of aryl methyl sites for hydroxylation is 2. The van der Waals surface area contributed by atoms with Crippen LogP contribution in [-0.4, -0.2) is 49.8 Å². The summed E-state index contributed by atoms with van der Waals surface area (Å²) in [4.78, 5) is 23.0. The number of carbonyl (C=O) groups excluding carboxylic acids is 1. The van der Waals surface area contributed by atoms with Crippen molar-refractivity contribution in [2.75, 3.05) is 6.54 Å². The number of carboxylic acid groups (broad SMARTS) is 1. The SMILES string of the molecule is Cc1nn(C)c(C(=O)O)c1C(O)C(O)CNC(=O)OCc1ccccc1. The molecule has 2 aromatic rings. The molecule has 0 aliphatic heterocycles. The van der Waals surface area contributed by atoms with Crippen molar-refractivity contribution >= 4 is 12.1 Å². The van der Waals surface area contributed by atoms with E-state index in [0.29, 0.717) is 0 Å². The number of nitrogens with one attached hydrogen (secondary N) is 1. The van der Waals surface area contributed by atoms with Crippen LogP contribution in [-0.2, 0) is 18.4 Å². The van der Waals surface area contributed by atoms with Crippen LogP contribution in [0.2, 0.25) is 0 Å². The van der Waals surface area contributed by atoms with Gasteiger partial charge in [-0.3, -0.25) is 4.68 Å². The minimum Gasteiger partial charge on any atom is -0.477 e. The largest absolute Gasteiger partial charge is 0.477 e. The van der Waals surface area contributed by atoms with Crippen molar-refractivity contribution in [3.05, 3.63) is 52.8 Å². The summed E-state index contributed by atoms with van der Waals surface area (Å²) in [6.07, 6.45) is -3.72. The summed E-state index contributed by atoms with van der Waals surface area (Å²) < 4.78 is 6.12. The van der Waals surface area contributed by atoms with Gasteiger partial charge in [-0.15, -0.1) is 0 Å². The Morgan fingerprint density at radius 2 is 1.92 bits per heavy atom. The zero-order valence-corrected chi connectivity index (χ0v) is 14.4. The molecule has 0 aliphatic rings. The first kappa shape index (κ1) is 19.4. The molecule has 0 spiro atoms. The third-order valence-corrected chi connectivity index (χ3v) is 3.80. The lowest BCUT2D eigenvalue weighted by Crippen LogP contribution is -2.36. The lowest BCUT2D eigenvalue weighted by atomic mass is 10.0. The van der Waals surface area contributed by atoms with Gasteiger partial charge in [-0.05, 0) is 12.5 Å². The van der Waals surface area contributed by atoms with Crippen molar-refractivity contribution in [3.63, 3.8) is 0 Å². The molecule has 0 radical (unpaired) electrons. The number of nitrogens with zero attached hydrogens (tertiary/aromatic N) is 2. The molecule has 140 valence electrons. The van der Waals surface area contributed by atoms with Gasteiger partial charge in [0.25, 0.3) is 0 Å². The summed E-state index contributed by atoms with van der Waals surface area (Å²) >= 11 is 0. The molecule has 0 bridgehead atoms. The summed E-state index contributed by atoms with van der Waals surface area (Å²) in [5.41, 5.74) is 0.871. The van der Waals surface area contributed by atoms with Gasteiger partial charge in [0, 0.05) is 19.2 Å². The molecule has 9 heteroatoms. The van der Waals surface area contributed by atoms with Crippen LogP contribution in [0.25, 0.3) is 0 Å². The fourth-order valence-corrected chi connectivity index (χ4v) is 2.55. The maximum Gasteiger partial charge on any atom is 0.407 e. The summed E-state index contributed by atoms with van der Waals surface area (Å²) in [7, 11) is 1.43. The van der Waals surface area contributed by atoms with Gasteiger partial charge in [0.15, 0.2) is 5.69 Å². The molecule has 9 nitrogen and oxygen atoms in total. The Hall–Kier alpha value is -2.91. The monoisotopic (exact) mass is 363 g/mol. The number of aliphatic hydroxyl groups excluding tert-OH is 2. The summed E-state index contributed by atoms with van der Waals surface area (Å²) in [6, 6.07) is 9.06. The molecule has 1 heterocycles. The second-order valence-corrected chi connectivity index (χ2v) is 5.73. The Morgan fingerprint density at radius 1 is 1.27 bits per heavy atom. The van der Waals surface area contributed by atoms with Gasteiger partial charge in [0.05, 0.1) is 5.69 Å². The lowest BCUT2D eigenvalue weighted by molar-refractivity contribution is 0.0169. The van der Waals surface area contributed by atoms with E-state index in [1.807, 2.05) is 18.2 Å². The van der Waals surface area contributed by atoms with Crippen LogP contribution in [0.5, 0.6) is 0 Å². The standard InChI is InChI=1S/C17H21N3O6/c1-10-13(14(16(23)24)20(2)19-10)15(22)12(21)8-18-17(25)26-9-11-6-4-3-5-7-11/h3-7,12,15,21-22H,8-9H2,1-2H3,(H,18,25)(H,23,24). The van der Waals surface area contributed by atoms with Gasteiger partial charge in [0.1, 0.15) is 18.8 Å². The molecule has 0 aliphatic carbocycles. The van der Waals surface area contributed by atoms with Crippen LogP contribution in [0.15, 0.2) is 30.3 Å². The van der Waals surface area contributed by atoms with Gasteiger partial charge in [0.2, 0.25) is 0 Å². The van der Waals surface area contributed by atoms with Crippen molar-refractivity contribution in [2.24, 2.45) is 7.05 Å². The van der Waals surface area contributed by atoms with Crippen LogP contribution in [0, 0.1) is 6.92 Å². The van der Waals surface area contributed by atoms with E-state index in [1.165, 1.54) is 14.0 Å². The Labute approximate surface area is 149 Å². The van der Waals surface area contributed by atoms with Gasteiger partial charge in [-0.1, -0.05) is 30.3 Å². The number of aromatic carboxylic acids is 1. The number of aliphatic hydroxyl groups is 2. The maximum atomic E-state index is 11.7. The molecule has 1 aromatic heterocycles. The molecular formula is C17H21N3O6. The van der Waals surface area contributed by atoms with E-state index in [4.69, 9.17) is 4.74 Å². The zero-order valence-electron chi connectivity index (χ0n) is 14.4. The highest BCUT2D eigenvalue weighted by Crippen LogP contribution is 2.24. The first-order valence-corrected chi connectivity index (χ1v) is 7.88. The molecule has 1 aromatic carbocycles. The van der Waals surface area contributed by atoms with Gasteiger partial charge in [-0.2, -0.15) is 5.10 Å². The number of carboxylic acids is 1. The van der Waals surface area contributed by atoms with Gasteiger partial charge >= 0.3 is 12.1 Å². The van der Waals surface area contributed by atoms with Crippen LogP contribution in [0.1, 0.15) is 33.4 Å². The molecule has 4 N–H and O–H groups in total. The molecule has 0 fully saturated rings. The topological polar surface area (TPSA) is 134 Å². The van der Waals surface area contributed by atoms with E-state index in [0.717, 1.165) is 10.2 Å². The molecule has 26 heavy (non-hydrogen) atoms. The van der Waals surface area contributed by atoms with Crippen molar-refractivity contribution in [2.45, 2.75) is 25.7 Å². The molecule has 0 saturated heterocycles. The minimum absolute atomic E-state index is 0.00644. The fraction of sp³-hybridized carbons (Fsp3) is 0.353. The fourth-order valence-electron chi connectivity index (χ4n) is 2.55. The smallest absolute Gasteiger partial charge is 0.407 e. The van der Waals surface area contributed by atoms with Gasteiger partial charge < -0.3 is 25.4 Å². The number of rotatable bonds is 7. The Bertz CT molecular complexity index is 774. The van der Waals surface area contributed by atoms with E-state index >= 15 is 0 Å². The van der Waals surface area contributed by atoms with Crippen LogP contribution >= 0.6 is 0 Å². The van der Waals surface area contributed by atoms with Crippen molar-refractivity contribution < 1.29 is 29.6 Å². The number of ether oxygens (including phenoxy) is 1. The van der Waals surface area contributed by atoms with E-state index < -0.39 is 24.3 Å². The highest BCUT2D eigenvalue weighted by molar-refractivity contribution is 5.88. The average Bonchev–Trinajstić information content (AvgIpc) is 2.92. The van der Waals surface area contributed by atoms with Crippen LogP contribution in [0.3, 0.4) is 0 Å². The highest BCUT2D eigenvalue weighted by atomic mass is 16.5. The normalized spacial score (nSPS) is 13.1. The van der Waals surface area contributed by atoms with E-state index in [-0.39, 0.29) is 30.1 Å². The predicted molar refractivity (Wildman–Crippen MR) is 90.5 cm³/mol. The van der Waals surface area contributed by atoms with Crippen LogP contribution in [0.4, 0.5) is 4.79 Å². The Morgan fingerprint density at radius 3 is 2.54 bits per heavy atom. The first-order valence-electron chi connectivity index (χ1n) is 7.88. The Balaban J connectivity index is 1.92. The average molecular weight is 363 g/mol. The van der Waals surface area contributed by atoms with Crippen molar-refractivity contribution in [1.29, 1.82) is 0 Å². The lowest BCUT2D eigenvalue weighted by Gasteiger charge is -2.19. The van der Waals surface area contributed by atoms with E-state index in [2.05, 4.69) is 10.4 Å². The van der Waals surface area contributed by atoms with Crippen molar-refractivity contribution in [1.82, 2.24) is 15.1 Å². The molecule has 2 unspecified atom stereocenters. The van der Waals surface area contributed by atoms with Crippen molar-refractivity contribution in [3.8, 4) is 0 Å². The van der Waals surface area contributed by atoms with E-state index in [1.54, 1.807) is 12.1 Å². The molecule has 1 amide bonds. The summed E-state index contributed by atoms with van der Waals surface area (Å²) in [6.45, 7) is 1.28. The number of hydrogen-bond acceptors (Lipinski definition) is 6. The third kappa shape index (κ3) is 4.58. The summed E-state index contributed by atoms with van der Waals surface area (Å²) in [5, 5.41) is 35.9. The number of aromatic nitrogens is 2. The second-order valence-electron chi connectivity index (χ2n) is 5.73. The molecule has 0 saturated carbocycles. The minimum atomic E-state index is -1.52. The number of amides is 1. The van der Waals surface area contributed by atoms with Crippen LogP contribution < -0.4 is 5.32 Å². The zero-order chi connectivity index (χ0) is 19.3. The number of alkyl carbamates (subject to hydrolysis) is 1.